The van der Waals surface area contributed by atoms with Gasteiger partial charge in [-0.25, -0.2) is 13.9 Å². The number of sulfonamides is 1. The Morgan fingerprint density at radius 1 is 1.41 bits per heavy atom. The van der Waals surface area contributed by atoms with Crippen molar-refractivity contribution in [2.75, 3.05) is 6.54 Å². The van der Waals surface area contributed by atoms with E-state index in [0.29, 0.717) is 19.5 Å². The highest BCUT2D eigenvalue weighted by molar-refractivity contribution is 7.89. The molecule has 0 saturated carbocycles. The van der Waals surface area contributed by atoms with Crippen molar-refractivity contribution in [2.24, 2.45) is 0 Å². The van der Waals surface area contributed by atoms with Crippen LogP contribution in [0, 0.1) is 0 Å². The average Bonchev–Trinajstić information content (AvgIpc) is 3.03. The molecule has 0 radical (unpaired) electrons. The fourth-order valence-corrected chi connectivity index (χ4v) is 3.43. The molecule has 9 heteroatoms. The Bertz CT molecular complexity index is 714. The first-order chi connectivity index (χ1) is 10.6. The summed E-state index contributed by atoms with van der Waals surface area (Å²) in [5.41, 5.74) is 2.34. The topological polar surface area (TPSA) is 113 Å². The molecule has 3 rings (SSSR count). The van der Waals surface area contributed by atoms with Gasteiger partial charge in [-0.3, -0.25) is 15.0 Å². The molecule has 2 aromatic rings. The lowest BCUT2D eigenvalue weighted by Gasteiger charge is -2.25. The minimum absolute atomic E-state index is 0.181. The minimum Gasteiger partial charge on any atom is -0.468 e. The molecular weight excluding hydrogens is 310 g/mol. The van der Waals surface area contributed by atoms with E-state index in [2.05, 4.69) is 4.98 Å². The Labute approximate surface area is 127 Å². The van der Waals surface area contributed by atoms with Gasteiger partial charge in [0, 0.05) is 18.9 Å². The van der Waals surface area contributed by atoms with Gasteiger partial charge in [-0.15, -0.1) is 0 Å². The summed E-state index contributed by atoms with van der Waals surface area (Å²) in [4.78, 5) is 12.9. The molecule has 0 fully saturated rings. The number of rotatable bonds is 3. The number of furan rings is 1. The van der Waals surface area contributed by atoms with Gasteiger partial charge in [0.1, 0.15) is 10.7 Å². The van der Waals surface area contributed by atoms with Crippen LogP contribution in [-0.2, 0) is 27.8 Å². The van der Waals surface area contributed by atoms with Crippen molar-refractivity contribution in [3.05, 3.63) is 48.2 Å². The number of hydrogen-bond acceptors (Lipinski definition) is 6. The lowest BCUT2D eigenvalue weighted by molar-refractivity contribution is -0.116. The number of aromatic nitrogens is 1. The second-order valence-corrected chi connectivity index (χ2v) is 6.33. The molecule has 0 aromatic carbocycles. The first-order valence-corrected chi connectivity index (χ1v) is 7.82. The molecule has 0 unspecified atom stereocenters. The molecule has 0 atom stereocenters. The van der Waals surface area contributed by atoms with E-state index in [9.17, 15) is 8.42 Å². The second kappa shape index (κ2) is 7.16. The quantitative estimate of drug-likeness (QED) is 0.484. The van der Waals surface area contributed by atoms with E-state index in [4.69, 9.17) is 14.4 Å². The zero-order valence-corrected chi connectivity index (χ0v) is 12.4. The molecule has 0 saturated heterocycles. The number of fused-ring (bicyclic) bond motifs is 1. The molecule has 2 aromatic heterocycles. The lowest BCUT2D eigenvalue weighted by atomic mass is 10.1. The molecule has 1 aliphatic rings. The molecule has 8 nitrogen and oxygen atoms in total. The third-order valence-corrected chi connectivity index (χ3v) is 4.94. The van der Waals surface area contributed by atoms with E-state index in [1.54, 1.807) is 24.6 Å². The van der Waals surface area contributed by atoms with Crippen LogP contribution in [0.3, 0.4) is 0 Å². The maximum atomic E-state index is 12.4. The van der Waals surface area contributed by atoms with Crippen molar-refractivity contribution in [2.45, 2.75) is 17.9 Å². The van der Waals surface area contributed by atoms with Crippen molar-refractivity contribution in [3.8, 4) is 0 Å². The van der Waals surface area contributed by atoms with Crippen LogP contribution in [0.25, 0.3) is 0 Å². The third kappa shape index (κ3) is 3.50. The summed E-state index contributed by atoms with van der Waals surface area (Å²) < 4.78 is 31.4. The van der Waals surface area contributed by atoms with Crippen LogP contribution < -0.4 is 5.48 Å². The number of carbonyl (C=O) groups is 1. The van der Waals surface area contributed by atoms with Gasteiger partial charge in [-0.2, -0.15) is 4.31 Å². The number of hydroxylamine groups is 1. The summed E-state index contributed by atoms with van der Waals surface area (Å²) >= 11 is 0. The maximum absolute atomic E-state index is 12.4. The van der Waals surface area contributed by atoms with Gasteiger partial charge in [-0.05, 0) is 30.2 Å². The molecule has 22 heavy (non-hydrogen) atoms. The first kappa shape index (κ1) is 16.1. The molecule has 0 spiro atoms. The largest absolute Gasteiger partial charge is 0.468 e. The van der Waals surface area contributed by atoms with Crippen LogP contribution in [0.1, 0.15) is 11.3 Å². The van der Waals surface area contributed by atoms with Gasteiger partial charge in [0.05, 0.1) is 12.8 Å². The summed E-state index contributed by atoms with van der Waals surface area (Å²) in [5, 5.41) is 7.26. The molecule has 1 amide bonds. The van der Waals surface area contributed by atoms with Crippen LogP contribution in [0.4, 0.5) is 0 Å². The lowest BCUT2D eigenvalue weighted by Crippen LogP contribution is -2.35. The van der Waals surface area contributed by atoms with Gasteiger partial charge in [0.25, 0.3) is 0 Å². The van der Waals surface area contributed by atoms with Crippen LogP contribution in [0.15, 0.2) is 46.2 Å². The maximum Gasteiger partial charge on any atom is 0.245 e. The van der Waals surface area contributed by atoms with Crippen LogP contribution in [-0.4, -0.2) is 35.9 Å². The highest BCUT2D eigenvalue weighted by Crippen LogP contribution is 2.24. The zero-order valence-electron chi connectivity index (χ0n) is 11.5. The Kier molecular flexibility index (Phi) is 5.26. The third-order valence-electron chi connectivity index (χ3n) is 3.11. The fourth-order valence-electron chi connectivity index (χ4n) is 2.07. The Hall–Kier alpha value is -2.23. The predicted molar refractivity (Wildman–Crippen MR) is 75.2 cm³/mol. The highest BCUT2D eigenvalue weighted by Gasteiger charge is 2.29. The van der Waals surface area contributed by atoms with Gasteiger partial charge >= 0.3 is 0 Å². The van der Waals surface area contributed by atoms with E-state index >= 15 is 0 Å². The zero-order chi connectivity index (χ0) is 16.0. The smallest absolute Gasteiger partial charge is 0.245 e. The minimum atomic E-state index is -3.47. The second-order valence-electron chi connectivity index (χ2n) is 4.39. The van der Waals surface area contributed by atoms with Crippen LogP contribution >= 0.6 is 0 Å². The number of nitrogens with one attached hydrogen (secondary N) is 1. The molecule has 0 aliphatic carbocycles. The number of amides is 1. The van der Waals surface area contributed by atoms with Crippen LogP contribution in [0.2, 0.25) is 0 Å². The van der Waals surface area contributed by atoms with E-state index in [0.717, 1.165) is 11.3 Å². The molecule has 2 N–H and O–H groups in total. The van der Waals surface area contributed by atoms with Gasteiger partial charge in [0.2, 0.25) is 16.4 Å². The van der Waals surface area contributed by atoms with Crippen LogP contribution in [0.5, 0.6) is 0 Å². The van der Waals surface area contributed by atoms with Crippen molar-refractivity contribution in [1.29, 1.82) is 0 Å². The standard InChI is InChI=1S/C12H12N2O3S.CH3NO2/c15-18(16,11-2-1-5-13-8-11)14-6-3-10-4-7-17-12(10)9-14;3-1-2-4/h1-2,4-5,7-8H,3,6,9H2;1,4H,(H,2,3). The Morgan fingerprint density at radius 3 is 2.82 bits per heavy atom. The molecular formula is C13H15N3O5S. The predicted octanol–water partition coefficient (Wildman–Crippen LogP) is 0.543. The number of carbonyl (C=O) groups excluding carboxylic acids is 1. The SMILES string of the molecule is O=CNO.O=S(=O)(c1cccnc1)N1CCc2ccoc2C1. The number of nitrogens with zero attached hydrogens (tertiary/aromatic N) is 2. The molecule has 1 aliphatic heterocycles. The van der Waals surface area contributed by atoms with E-state index in [1.807, 2.05) is 6.07 Å². The molecule has 0 bridgehead atoms. The van der Waals surface area contributed by atoms with E-state index in [1.165, 1.54) is 16.0 Å². The number of pyridine rings is 1. The van der Waals surface area contributed by atoms with Gasteiger partial charge < -0.3 is 4.42 Å². The van der Waals surface area contributed by atoms with Gasteiger partial charge in [-0.1, -0.05) is 0 Å². The first-order valence-electron chi connectivity index (χ1n) is 6.38. The molecule has 118 valence electrons. The molecule has 3 heterocycles. The summed E-state index contributed by atoms with van der Waals surface area (Å²) in [6.07, 6.45) is 5.39. The van der Waals surface area contributed by atoms with Crippen molar-refractivity contribution in [1.82, 2.24) is 14.8 Å². The Balaban J connectivity index is 0.000000396. The number of hydrogen-bond donors (Lipinski definition) is 2. The highest BCUT2D eigenvalue weighted by atomic mass is 32.2. The fraction of sp³-hybridized carbons (Fsp3) is 0.231. The van der Waals surface area contributed by atoms with E-state index < -0.39 is 10.0 Å². The van der Waals surface area contributed by atoms with Crippen molar-refractivity contribution < 1.29 is 22.8 Å². The van der Waals surface area contributed by atoms with Crippen molar-refractivity contribution in [3.63, 3.8) is 0 Å². The van der Waals surface area contributed by atoms with Crippen molar-refractivity contribution >= 4 is 16.4 Å². The summed E-state index contributed by atoms with van der Waals surface area (Å²) in [6, 6.07) is 5.07. The average molecular weight is 325 g/mol. The van der Waals surface area contributed by atoms with Gasteiger partial charge in [0.15, 0.2) is 0 Å². The Morgan fingerprint density at radius 2 is 2.18 bits per heavy atom. The summed E-state index contributed by atoms with van der Waals surface area (Å²) in [5.74, 6) is 0.730. The van der Waals surface area contributed by atoms with E-state index in [-0.39, 0.29) is 11.3 Å². The normalized spacial score (nSPS) is 14.4. The summed E-state index contributed by atoms with van der Waals surface area (Å²) in [6.45, 7) is 0.767. The summed E-state index contributed by atoms with van der Waals surface area (Å²) in [7, 11) is -3.47. The monoisotopic (exact) mass is 325 g/mol.